The van der Waals surface area contributed by atoms with Gasteiger partial charge in [0.05, 0.1) is 13.2 Å². The van der Waals surface area contributed by atoms with Gasteiger partial charge in [-0.25, -0.2) is 0 Å². The third kappa shape index (κ3) is 1.30. The number of ether oxygens (including phenoxy) is 1. The van der Waals surface area contributed by atoms with Crippen LogP contribution < -0.4 is 10.5 Å². The van der Waals surface area contributed by atoms with E-state index >= 15 is 0 Å². The molecule has 0 fully saturated rings. The van der Waals surface area contributed by atoms with E-state index in [4.69, 9.17) is 10.5 Å². The van der Waals surface area contributed by atoms with E-state index in [-0.39, 0.29) is 6.04 Å². The van der Waals surface area contributed by atoms with Crippen LogP contribution in [0.2, 0.25) is 0 Å². The second kappa shape index (κ2) is 3.01. The monoisotopic (exact) mass is 179 g/mol. The summed E-state index contributed by atoms with van der Waals surface area (Å²) in [6.45, 7) is 0. The lowest BCUT2D eigenvalue weighted by molar-refractivity contribution is 0.159. The molecule has 1 aliphatic rings. The number of hydrogen-bond donors (Lipinski definition) is 2. The smallest absolute Gasteiger partial charge is 0.119 e. The van der Waals surface area contributed by atoms with Crippen molar-refractivity contribution in [3.8, 4) is 5.75 Å². The second-order valence-electron chi connectivity index (χ2n) is 3.38. The molecule has 3 heteroatoms. The predicted octanol–water partition coefficient (Wildman–Crippen LogP) is 0.612. The molecule has 0 heterocycles. The van der Waals surface area contributed by atoms with Crippen molar-refractivity contribution < 1.29 is 9.84 Å². The van der Waals surface area contributed by atoms with Gasteiger partial charge in [0, 0.05) is 6.04 Å². The number of fused-ring (bicyclic) bond motifs is 1. The van der Waals surface area contributed by atoms with E-state index in [0.717, 1.165) is 23.3 Å². The Morgan fingerprint density at radius 2 is 2.31 bits per heavy atom. The van der Waals surface area contributed by atoms with Crippen LogP contribution in [-0.4, -0.2) is 18.3 Å². The highest BCUT2D eigenvalue weighted by atomic mass is 16.5. The summed E-state index contributed by atoms with van der Waals surface area (Å²) in [5.74, 6) is 0.819. The Morgan fingerprint density at radius 1 is 1.54 bits per heavy atom. The summed E-state index contributed by atoms with van der Waals surface area (Å²) < 4.78 is 5.09. The van der Waals surface area contributed by atoms with Crippen molar-refractivity contribution in [2.45, 2.75) is 18.6 Å². The summed E-state index contributed by atoms with van der Waals surface area (Å²) in [7, 11) is 1.63. The van der Waals surface area contributed by atoms with Gasteiger partial charge in [0.15, 0.2) is 0 Å². The molecule has 0 aromatic heterocycles. The van der Waals surface area contributed by atoms with Crippen LogP contribution in [0.4, 0.5) is 0 Å². The Balaban J connectivity index is 2.40. The van der Waals surface area contributed by atoms with Crippen molar-refractivity contribution in [3.05, 3.63) is 29.3 Å². The maximum absolute atomic E-state index is 9.65. The molecule has 0 spiro atoms. The molecule has 2 rings (SSSR count). The molecule has 0 amide bonds. The van der Waals surface area contributed by atoms with Gasteiger partial charge in [-0.2, -0.15) is 0 Å². The van der Waals surface area contributed by atoms with Gasteiger partial charge in [-0.3, -0.25) is 0 Å². The molecule has 0 aliphatic heterocycles. The highest BCUT2D eigenvalue weighted by molar-refractivity contribution is 5.41. The van der Waals surface area contributed by atoms with Crippen LogP contribution in [0, 0.1) is 0 Å². The fourth-order valence-corrected chi connectivity index (χ4v) is 1.77. The van der Waals surface area contributed by atoms with Gasteiger partial charge in [-0.1, -0.05) is 6.07 Å². The van der Waals surface area contributed by atoms with Crippen molar-refractivity contribution in [2.75, 3.05) is 7.11 Å². The average Bonchev–Trinajstić information content (AvgIpc) is 2.42. The summed E-state index contributed by atoms with van der Waals surface area (Å²) in [4.78, 5) is 0. The number of benzene rings is 1. The third-order valence-corrected chi connectivity index (χ3v) is 2.53. The van der Waals surface area contributed by atoms with Gasteiger partial charge in [-0.15, -0.1) is 0 Å². The summed E-state index contributed by atoms with van der Waals surface area (Å²) in [5.41, 5.74) is 7.76. The lowest BCUT2D eigenvalue weighted by atomic mass is 10.1. The van der Waals surface area contributed by atoms with Crippen LogP contribution >= 0.6 is 0 Å². The van der Waals surface area contributed by atoms with Gasteiger partial charge in [0.2, 0.25) is 0 Å². The van der Waals surface area contributed by atoms with Crippen LogP contribution in [0.3, 0.4) is 0 Å². The maximum atomic E-state index is 9.65. The third-order valence-electron chi connectivity index (χ3n) is 2.53. The SMILES string of the molecule is COc1ccc2c(c1)C[C@H](N)[C@H]2O. The first kappa shape index (κ1) is 8.53. The highest BCUT2D eigenvalue weighted by Gasteiger charge is 2.27. The molecule has 0 unspecified atom stereocenters. The van der Waals surface area contributed by atoms with Crippen molar-refractivity contribution in [1.82, 2.24) is 0 Å². The Bertz CT molecular complexity index is 325. The average molecular weight is 179 g/mol. The van der Waals surface area contributed by atoms with Crippen LogP contribution in [0.1, 0.15) is 17.2 Å². The van der Waals surface area contributed by atoms with E-state index in [9.17, 15) is 5.11 Å². The molecule has 1 aliphatic carbocycles. The summed E-state index contributed by atoms with van der Waals surface area (Å²) in [5, 5.41) is 9.65. The molecule has 13 heavy (non-hydrogen) atoms. The van der Waals surface area contributed by atoms with E-state index in [0.29, 0.717) is 0 Å². The quantitative estimate of drug-likeness (QED) is 0.664. The molecule has 70 valence electrons. The largest absolute Gasteiger partial charge is 0.497 e. The molecule has 1 aromatic carbocycles. The van der Waals surface area contributed by atoms with E-state index in [1.54, 1.807) is 7.11 Å². The zero-order valence-electron chi connectivity index (χ0n) is 7.53. The molecule has 3 nitrogen and oxygen atoms in total. The van der Waals surface area contributed by atoms with Gasteiger partial charge in [-0.05, 0) is 29.7 Å². The fraction of sp³-hybridized carbons (Fsp3) is 0.400. The normalized spacial score (nSPS) is 25.8. The second-order valence-corrected chi connectivity index (χ2v) is 3.38. The lowest BCUT2D eigenvalue weighted by Crippen LogP contribution is -2.24. The zero-order chi connectivity index (χ0) is 9.42. The van der Waals surface area contributed by atoms with E-state index < -0.39 is 6.10 Å². The minimum absolute atomic E-state index is 0.165. The number of rotatable bonds is 1. The molecular weight excluding hydrogens is 166 g/mol. The van der Waals surface area contributed by atoms with E-state index in [2.05, 4.69) is 0 Å². The molecule has 0 radical (unpaired) electrons. The molecule has 2 atom stereocenters. The first-order valence-electron chi connectivity index (χ1n) is 4.33. The number of aliphatic hydroxyl groups is 1. The van der Waals surface area contributed by atoms with Crippen molar-refractivity contribution >= 4 is 0 Å². The van der Waals surface area contributed by atoms with Gasteiger partial charge in [0.1, 0.15) is 5.75 Å². The standard InChI is InChI=1S/C10H13NO2/c1-13-7-2-3-8-6(4-7)5-9(11)10(8)12/h2-4,9-10,12H,5,11H2,1H3/t9-,10-/m0/s1. The van der Waals surface area contributed by atoms with Crippen molar-refractivity contribution in [1.29, 1.82) is 0 Å². The molecule has 0 saturated carbocycles. The highest BCUT2D eigenvalue weighted by Crippen LogP contribution is 2.32. The van der Waals surface area contributed by atoms with Crippen LogP contribution in [0.25, 0.3) is 0 Å². The molecular formula is C10H13NO2. The van der Waals surface area contributed by atoms with Crippen LogP contribution in [0.15, 0.2) is 18.2 Å². The first-order chi connectivity index (χ1) is 6.22. The summed E-state index contributed by atoms with van der Waals surface area (Å²) in [6.07, 6.45) is 0.217. The molecule has 0 saturated heterocycles. The Kier molecular flexibility index (Phi) is 1.98. The first-order valence-corrected chi connectivity index (χ1v) is 4.33. The van der Waals surface area contributed by atoms with Crippen LogP contribution in [-0.2, 0) is 6.42 Å². The Hall–Kier alpha value is -1.06. The van der Waals surface area contributed by atoms with Crippen molar-refractivity contribution in [2.24, 2.45) is 5.73 Å². The Morgan fingerprint density at radius 3 is 3.00 bits per heavy atom. The van der Waals surface area contributed by atoms with E-state index in [1.807, 2.05) is 18.2 Å². The number of hydrogen-bond acceptors (Lipinski definition) is 3. The van der Waals surface area contributed by atoms with Gasteiger partial charge in [0.25, 0.3) is 0 Å². The molecule has 1 aromatic rings. The van der Waals surface area contributed by atoms with E-state index in [1.165, 1.54) is 0 Å². The summed E-state index contributed by atoms with van der Waals surface area (Å²) >= 11 is 0. The minimum Gasteiger partial charge on any atom is -0.497 e. The number of aliphatic hydroxyl groups excluding tert-OH is 1. The lowest BCUT2D eigenvalue weighted by Gasteiger charge is -2.08. The predicted molar refractivity (Wildman–Crippen MR) is 49.6 cm³/mol. The number of nitrogens with two attached hydrogens (primary N) is 1. The van der Waals surface area contributed by atoms with Crippen LogP contribution in [0.5, 0.6) is 5.75 Å². The fourth-order valence-electron chi connectivity index (χ4n) is 1.77. The maximum Gasteiger partial charge on any atom is 0.119 e. The molecule has 0 bridgehead atoms. The zero-order valence-corrected chi connectivity index (χ0v) is 7.53. The number of methoxy groups -OCH3 is 1. The van der Waals surface area contributed by atoms with Crippen molar-refractivity contribution in [3.63, 3.8) is 0 Å². The van der Waals surface area contributed by atoms with Gasteiger partial charge >= 0.3 is 0 Å². The van der Waals surface area contributed by atoms with Gasteiger partial charge < -0.3 is 15.6 Å². The Labute approximate surface area is 77.1 Å². The summed E-state index contributed by atoms with van der Waals surface area (Å²) in [6, 6.07) is 5.50. The molecule has 3 N–H and O–H groups in total. The minimum atomic E-state index is -0.513. The topological polar surface area (TPSA) is 55.5 Å².